The molecule has 3 nitrogen and oxygen atoms in total. The molecule has 0 amide bonds. The van der Waals surface area contributed by atoms with Crippen molar-refractivity contribution >= 4 is 37.4 Å². The molecule has 0 atom stereocenters. The third kappa shape index (κ3) is 3.75. The van der Waals surface area contributed by atoms with Crippen molar-refractivity contribution in [3.8, 4) is 11.5 Å². The van der Waals surface area contributed by atoms with Gasteiger partial charge in [-0.15, -0.1) is 0 Å². The van der Waals surface area contributed by atoms with Crippen LogP contribution in [-0.2, 0) is 15.2 Å². The molecule has 0 radical (unpaired) electrons. The molecule has 0 saturated heterocycles. The summed E-state index contributed by atoms with van der Waals surface area (Å²) in [6, 6.07) is 11.6. The lowest BCUT2D eigenvalue weighted by molar-refractivity contribution is 0.478. The predicted octanol–water partition coefficient (Wildman–Crippen LogP) is 4.43. The van der Waals surface area contributed by atoms with E-state index >= 15 is 0 Å². The molecule has 2 aromatic carbocycles. The zero-order valence-electron chi connectivity index (χ0n) is 10.6. The molecular formula is C14H12BrClO3S. The van der Waals surface area contributed by atoms with Crippen molar-refractivity contribution in [3.05, 3.63) is 53.1 Å². The van der Waals surface area contributed by atoms with Gasteiger partial charge in [0, 0.05) is 22.2 Å². The predicted molar refractivity (Wildman–Crippen MR) is 83.7 cm³/mol. The van der Waals surface area contributed by atoms with Crippen molar-refractivity contribution in [2.75, 3.05) is 6.26 Å². The maximum Gasteiger partial charge on any atom is 0.175 e. The lowest BCUT2D eigenvalue weighted by Gasteiger charge is -2.10. The second-order valence-electron chi connectivity index (χ2n) is 4.23. The molecule has 0 N–H and O–H groups in total. The molecule has 0 unspecified atom stereocenters. The second kappa shape index (κ2) is 6.16. The molecule has 106 valence electrons. The van der Waals surface area contributed by atoms with Crippen LogP contribution in [0.5, 0.6) is 11.5 Å². The van der Waals surface area contributed by atoms with Crippen LogP contribution in [0.3, 0.4) is 0 Å². The Morgan fingerprint density at radius 1 is 1.15 bits per heavy atom. The van der Waals surface area contributed by atoms with E-state index in [1.54, 1.807) is 24.3 Å². The Hall–Kier alpha value is -1.04. The summed E-state index contributed by atoms with van der Waals surface area (Å²) in [4.78, 5) is 0.265. The molecule has 0 saturated carbocycles. The first-order chi connectivity index (χ1) is 9.40. The Morgan fingerprint density at radius 3 is 2.35 bits per heavy atom. The van der Waals surface area contributed by atoms with Gasteiger partial charge in [-0.05, 0) is 42.5 Å². The molecule has 20 heavy (non-hydrogen) atoms. The van der Waals surface area contributed by atoms with Crippen LogP contribution in [0.25, 0.3) is 0 Å². The van der Waals surface area contributed by atoms with Crippen molar-refractivity contribution in [1.82, 2.24) is 0 Å². The molecule has 0 spiro atoms. The van der Waals surface area contributed by atoms with Crippen molar-refractivity contribution < 1.29 is 13.2 Å². The quantitative estimate of drug-likeness (QED) is 0.742. The van der Waals surface area contributed by atoms with Crippen LogP contribution in [0, 0.1) is 0 Å². The van der Waals surface area contributed by atoms with E-state index in [1.165, 1.54) is 18.4 Å². The Kier molecular flexibility index (Phi) is 4.73. The molecular weight excluding hydrogens is 364 g/mol. The first-order valence-electron chi connectivity index (χ1n) is 5.72. The fraction of sp³-hybridized carbons (Fsp3) is 0.143. The molecule has 0 aromatic heterocycles. The van der Waals surface area contributed by atoms with Crippen LogP contribution in [0.1, 0.15) is 5.56 Å². The fourth-order valence-corrected chi connectivity index (χ4v) is 2.90. The molecule has 0 aliphatic carbocycles. The van der Waals surface area contributed by atoms with Crippen molar-refractivity contribution in [2.45, 2.75) is 10.2 Å². The Labute approximate surface area is 131 Å². The minimum absolute atomic E-state index is 0.265. The number of alkyl halides is 1. The van der Waals surface area contributed by atoms with E-state index in [0.717, 1.165) is 5.56 Å². The van der Waals surface area contributed by atoms with Gasteiger partial charge in [-0.3, -0.25) is 0 Å². The van der Waals surface area contributed by atoms with Gasteiger partial charge in [-0.2, -0.15) is 0 Å². The maximum atomic E-state index is 11.4. The first-order valence-corrected chi connectivity index (χ1v) is 9.11. The number of ether oxygens (including phenoxy) is 1. The van der Waals surface area contributed by atoms with Crippen LogP contribution < -0.4 is 4.74 Å². The largest absolute Gasteiger partial charge is 0.457 e. The van der Waals surface area contributed by atoms with Crippen LogP contribution in [0.15, 0.2) is 47.4 Å². The average Bonchev–Trinajstić information content (AvgIpc) is 2.40. The molecule has 0 aliphatic heterocycles. The molecule has 2 aromatic rings. The zero-order chi connectivity index (χ0) is 14.8. The van der Waals surface area contributed by atoms with Crippen molar-refractivity contribution in [3.63, 3.8) is 0 Å². The summed E-state index contributed by atoms with van der Waals surface area (Å²) in [6.07, 6.45) is 1.17. The smallest absolute Gasteiger partial charge is 0.175 e. The summed E-state index contributed by atoms with van der Waals surface area (Å²) >= 11 is 9.30. The Balaban J connectivity index is 2.27. The Morgan fingerprint density at radius 2 is 1.80 bits per heavy atom. The standard InChI is InChI=1S/C14H12BrClO3S/c1-20(17,18)13-5-3-12(4-6-13)19-14-7-2-11(16)8-10(14)9-15/h2-8H,9H2,1H3. The van der Waals surface area contributed by atoms with Gasteiger partial charge in [0.2, 0.25) is 0 Å². The number of sulfone groups is 1. The molecule has 2 rings (SSSR count). The fourth-order valence-electron chi connectivity index (χ4n) is 1.63. The SMILES string of the molecule is CS(=O)(=O)c1ccc(Oc2ccc(Cl)cc2CBr)cc1. The van der Waals surface area contributed by atoms with Gasteiger partial charge in [0.25, 0.3) is 0 Å². The topological polar surface area (TPSA) is 43.4 Å². The van der Waals surface area contributed by atoms with Gasteiger partial charge in [0.1, 0.15) is 11.5 Å². The van der Waals surface area contributed by atoms with Crippen molar-refractivity contribution in [2.24, 2.45) is 0 Å². The second-order valence-corrected chi connectivity index (χ2v) is 7.24. The number of hydrogen-bond donors (Lipinski definition) is 0. The number of hydrogen-bond acceptors (Lipinski definition) is 3. The summed E-state index contributed by atoms with van der Waals surface area (Å²) in [5.41, 5.74) is 0.921. The van der Waals surface area contributed by atoms with Gasteiger partial charge in [-0.25, -0.2) is 8.42 Å². The Bertz CT molecular complexity index is 712. The number of halogens is 2. The van der Waals surface area contributed by atoms with E-state index < -0.39 is 9.84 Å². The third-order valence-corrected chi connectivity index (χ3v) is 4.61. The summed E-state index contributed by atoms with van der Waals surface area (Å²) < 4.78 is 28.5. The van der Waals surface area contributed by atoms with E-state index in [-0.39, 0.29) is 4.90 Å². The maximum absolute atomic E-state index is 11.4. The van der Waals surface area contributed by atoms with Crippen LogP contribution in [0.2, 0.25) is 5.02 Å². The average molecular weight is 376 g/mol. The van der Waals surface area contributed by atoms with Crippen molar-refractivity contribution in [1.29, 1.82) is 0 Å². The van der Waals surface area contributed by atoms with Gasteiger partial charge in [0.05, 0.1) is 4.90 Å². The summed E-state index contributed by atoms with van der Waals surface area (Å²) in [5.74, 6) is 1.25. The molecule has 6 heteroatoms. The zero-order valence-corrected chi connectivity index (χ0v) is 13.8. The van der Waals surface area contributed by atoms with Gasteiger partial charge >= 0.3 is 0 Å². The molecule has 0 fully saturated rings. The minimum atomic E-state index is -3.19. The number of benzene rings is 2. The van der Waals surface area contributed by atoms with Crippen LogP contribution >= 0.6 is 27.5 Å². The molecule has 0 bridgehead atoms. The van der Waals surface area contributed by atoms with Gasteiger partial charge in [-0.1, -0.05) is 27.5 Å². The lowest BCUT2D eigenvalue weighted by Crippen LogP contribution is -1.96. The normalized spacial score (nSPS) is 11.3. The lowest BCUT2D eigenvalue weighted by atomic mass is 10.2. The van der Waals surface area contributed by atoms with E-state index in [4.69, 9.17) is 16.3 Å². The van der Waals surface area contributed by atoms with E-state index in [1.807, 2.05) is 6.07 Å². The summed E-state index contributed by atoms with van der Waals surface area (Å²) in [7, 11) is -3.19. The number of rotatable bonds is 4. The highest BCUT2D eigenvalue weighted by Gasteiger charge is 2.08. The van der Waals surface area contributed by atoms with Crippen LogP contribution in [-0.4, -0.2) is 14.7 Å². The summed E-state index contributed by atoms with van der Waals surface area (Å²) in [6.45, 7) is 0. The highest BCUT2D eigenvalue weighted by atomic mass is 79.9. The first kappa shape index (κ1) is 15.4. The van der Waals surface area contributed by atoms with E-state index in [2.05, 4.69) is 15.9 Å². The van der Waals surface area contributed by atoms with Gasteiger partial charge in [0.15, 0.2) is 9.84 Å². The third-order valence-electron chi connectivity index (χ3n) is 2.65. The minimum Gasteiger partial charge on any atom is -0.457 e. The van der Waals surface area contributed by atoms with E-state index in [9.17, 15) is 8.42 Å². The summed E-state index contributed by atoms with van der Waals surface area (Å²) in [5, 5.41) is 1.25. The highest BCUT2D eigenvalue weighted by Crippen LogP contribution is 2.29. The van der Waals surface area contributed by atoms with E-state index in [0.29, 0.717) is 21.9 Å². The van der Waals surface area contributed by atoms with Gasteiger partial charge < -0.3 is 4.74 Å². The monoisotopic (exact) mass is 374 g/mol. The molecule has 0 aliphatic rings. The highest BCUT2D eigenvalue weighted by molar-refractivity contribution is 9.08. The van der Waals surface area contributed by atoms with Crippen LogP contribution in [0.4, 0.5) is 0 Å². The molecule has 0 heterocycles.